The zero-order valence-corrected chi connectivity index (χ0v) is 18.3. The van der Waals surface area contributed by atoms with Crippen LogP contribution < -0.4 is 4.72 Å². The maximum absolute atomic E-state index is 12.0. The first kappa shape index (κ1) is 24.0. The Balaban J connectivity index is 0.000000406. The molecule has 4 nitrogen and oxygen atoms in total. The Bertz CT molecular complexity index is 944. The summed E-state index contributed by atoms with van der Waals surface area (Å²) in [5.74, 6) is -0.675. The molecule has 0 aliphatic rings. The number of allylic oxidation sites excluding steroid dienone is 2. The molecular formula is C21H23Cl2NO3S. The molecule has 0 aromatic heterocycles. The molecule has 0 spiro atoms. The second kappa shape index (κ2) is 11.1. The molecule has 0 unspecified atom stereocenters. The van der Waals surface area contributed by atoms with Crippen molar-refractivity contribution in [3.05, 3.63) is 87.9 Å². The highest BCUT2D eigenvalue weighted by Gasteiger charge is 2.20. The summed E-state index contributed by atoms with van der Waals surface area (Å²) in [5.41, 5.74) is 2.43. The molecule has 1 amide bonds. The van der Waals surface area contributed by atoms with E-state index < -0.39 is 15.9 Å². The molecule has 2 rings (SSSR count). The molecule has 0 saturated heterocycles. The zero-order valence-electron chi connectivity index (χ0n) is 16.0. The van der Waals surface area contributed by atoms with Gasteiger partial charge in [0, 0.05) is 10.6 Å². The Hall–Kier alpha value is -2.08. The minimum atomic E-state index is -3.97. The normalized spacial score (nSPS) is 11.2. The first-order chi connectivity index (χ1) is 13.0. The van der Waals surface area contributed by atoms with Crippen molar-refractivity contribution in [3.8, 4) is 0 Å². The van der Waals surface area contributed by atoms with Crippen molar-refractivity contribution in [2.75, 3.05) is 0 Å². The summed E-state index contributed by atoms with van der Waals surface area (Å²) in [6.45, 7) is 9.11. The third kappa shape index (κ3) is 8.30. The Morgan fingerprint density at radius 2 is 1.64 bits per heavy atom. The zero-order chi connectivity index (χ0) is 21.3. The number of sulfonamides is 1. The number of halogens is 2. The number of nitrogens with one attached hydrogen (secondary N) is 1. The van der Waals surface area contributed by atoms with Crippen LogP contribution in [-0.2, 0) is 14.8 Å². The third-order valence-corrected chi connectivity index (χ3v) is 5.56. The highest BCUT2D eigenvalue weighted by atomic mass is 35.5. The fourth-order valence-electron chi connectivity index (χ4n) is 1.87. The molecule has 0 saturated carbocycles. The summed E-state index contributed by atoms with van der Waals surface area (Å²) in [4.78, 5) is 11.7. The lowest BCUT2D eigenvalue weighted by Crippen LogP contribution is -2.31. The Morgan fingerprint density at radius 1 is 1.07 bits per heavy atom. The second-order valence-corrected chi connectivity index (χ2v) is 8.70. The number of benzene rings is 2. The van der Waals surface area contributed by atoms with Crippen LogP contribution in [0.3, 0.4) is 0 Å². The van der Waals surface area contributed by atoms with E-state index in [9.17, 15) is 13.2 Å². The van der Waals surface area contributed by atoms with Gasteiger partial charge in [0.2, 0.25) is 0 Å². The van der Waals surface area contributed by atoms with E-state index in [1.165, 1.54) is 23.8 Å². The number of carbonyl (C=O) groups is 1. The van der Waals surface area contributed by atoms with E-state index in [4.69, 9.17) is 23.2 Å². The molecule has 0 fully saturated rings. The molecule has 0 atom stereocenters. The molecule has 0 bridgehead atoms. The van der Waals surface area contributed by atoms with Crippen LogP contribution in [0.4, 0.5) is 0 Å². The number of hydrogen-bond acceptors (Lipinski definition) is 3. The van der Waals surface area contributed by atoms with Crippen molar-refractivity contribution in [3.63, 3.8) is 0 Å². The summed E-state index contributed by atoms with van der Waals surface area (Å²) >= 11 is 11.4. The van der Waals surface area contributed by atoms with E-state index in [0.717, 1.165) is 10.6 Å². The first-order valence-electron chi connectivity index (χ1n) is 8.38. The van der Waals surface area contributed by atoms with Crippen molar-refractivity contribution < 1.29 is 13.2 Å². The number of hydrogen-bond donors (Lipinski definition) is 1. The molecule has 2 aromatic carbocycles. The Morgan fingerprint density at radius 3 is 2.14 bits per heavy atom. The van der Waals surface area contributed by atoms with Crippen LogP contribution in [0, 0.1) is 6.92 Å². The van der Waals surface area contributed by atoms with E-state index >= 15 is 0 Å². The van der Waals surface area contributed by atoms with Gasteiger partial charge in [-0.1, -0.05) is 71.3 Å². The summed E-state index contributed by atoms with van der Waals surface area (Å²) < 4.78 is 26.1. The predicted molar refractivity (Wildman–Crippen MR) is 116 cm³/mol. The van der Waals surface area contributed by atoms with Crippen molar-refractivity contribution in [2.24, 2.45) is 0 Å². The van der Waals surface area contributed by atoms with Crippen LogP contribution in [0.15, 0.2) is 77.2 Å². The highest BCUT2D eigenvalue weighted by Crippen LogP contribution is 2.20. The third-order valence-electron chi connectivity index (χ3n) is 3.48. The van der Waals surface area contributed by atoms with E-state index in [1.54, 1.807) is 19.1 Å². The topological polar surface area (TPSA) is 63.2 Å². The van der Waals surface area contributed by atoms with E-state index in [-0.39, 0.29) is 9.92 Å². The van der Waals surface area contributed by atoms with Gasteiger partial charge in [0.05, 0.1) is 5.02 Å². The minimum absolute atomic E-state index is 0.0661. The number of aryl methyl sites for hydroxylation is 1. The Kier molecular flexibility index (Phi) is 9.46. The minimum Gasteiger partial charge on any atom is -0.269 e. The fourth-order valence-corrected chi connectivity index (χ4v) is 3.54. The lowest BCUT2D eigenvalue weighted by molar-refractivity contribution is -0.115. The fraction of sp³-hybridized carbons (Fsp3) is 0.190. The van der Waals surface area contributed by atoms with E-state index in [0.29, 0.717) is 12.0 Å². The average molecular weight is 440 g/mol. The molecule has 0 radical (unpaired) electrons. The van der Waals surface area contributed by atoms with Crippen LogP contribution in [0.5, 0.6) is 0 Å². The van der Waals surface area contributed by atoms with Crippen molar-refractivity contribution in [1.29, 1.82) is 0 Å². The lowest BCUT2D eigenvalue weighted by Gasteiger charge is -2.08. The predicted octanol–water partition coefficient (Wildman–Crippen LogP) is 5.71. The van der Waals surface area contributed by atoms with Gasteiger partial charge in [-0.15, -0.1) is 0 Å². The second-order valence-electron chi connectivity index (χ2n) is 6.21. The van der Waals surface area contributed by atoms with Crippen LogP contribution in [0.1, 0.15) is 25.8 Å². The first-order valence-corrected chi connectivity index (χ1v) is 10.6. The lowest BCUT2D eigenvalue weighted by atomic mass is 10.2. The standard InChI is InChI=1S/C14H16ClNO3S.C7H7Cl/c1-10(2)8-9-11(3)14(17)16-20(18,19)13-7-5-4-6-12(13)15;1-6-2-4-7(8)5-3-6/h4-7,9H,1,8H2,2-3H3,(H,16,17);2-5H,1H3/b11-9+;. The van der Waals surface area contributed by atoms with Crippen molar-refractivity contribution in [1.82, 2.24) is 4.72 Å². The van der Waals surface area contributed by atoms with Gasteiger partial charge in [0.25, 0.3) is 15.9 Å². The maximum Gasteiger partial charge on any atom is 0.265 e. The van der Waals surface area contributed by atoms with Crippen molar-refractivity contribution in [2.45, 2.75) is 32.1 Å². The average Bonchev–Trinajstić information content (AvgIpc) is 2.62. The van der Waals surface area contributed by atoms with Crippen LogP contribution >= 0.6 is 23.2 Å². The van der Waals surface area contributed by atoms with E-state index in [2.05, 4.69) is 6.58 Å². The van der Waals surface area contributed by atoms with Gasteiger partial charge >= 0.3 is 0 Å². The molecule has 0 heterocycles. The van der Waals surface area contributed by atoms with Crippen LogP contribution in [-0.4, -0.2) is 14.3 Å². The van der Waals surface area contributed by atoms with Gasteiger partial charge in [0.1, 0.15) is 4.90 Å². The summed E-state index contributed by atoms with van der Waals surface area (Å²) in [5, 5.41) is 0.868. The number of amides is 1. The number of carbonyl (C=O) groups excluding carboxylic acids is 1. The van der Waals surface area contributed by atoms with Crippen molar-refractivity contribution >= 4 is 39.1 Å². The molecular weight excluding hydrogens is 417 g/mol. The number of rotatable bonds is 5. The van der Waals surface area contributed by atoms with Gasteiger partial charge in [-0.3, -0.25) is 4.79 Å². The van der Waals surface area contributed by atoms with E-state index in [1.807, 2.05) is 42.8 Å². The summed E-state index contributed by atoms with van der Waals surface area (Å²) in [6.07, 6.45) is 2.14. The van der Waals surface area contributed by atoms with Gasteiger partial charge in [-0.2, -0.15) is 0 Å². The smallest absolute Gasteiger partial charge is 0.265 e. The van der Waals surface area contributed by atoms with Gasteiger partial charge in [0.15, 0.2) is 0 Å². The molecule has 0 aliphatic carbocycles. The van der Waals surface area contributed by atoms with Gasteiger partial charge in [-0.25, -0.2) is 13.1 Å². The Labute approximate surface area is 176 Å². The molecule has 28 heavy (non-hydrogen) atoms. The molecule has 2 aromatic rings. The highest BCUT2D eigenvalue weighted by molar-refractivity contribution is 7.90. The molecule has 0 aliphatic heterocycles. The molecule has 1 N–H and O–H groups in total. The molecule has 7 heteroatoms. The maximum atomic E-state index is 12.0. The monoisotopic (exact) mass is 439 g/mol. The van der Waals surface area contributed by atoms with Gasteiger partial charge < -0.3 is 0 Å². The van der Waals surface area contributed by atoms with Gasteiger partial charge in [-0.05, 0) is 51.5 Å². The molecule has 150 valence electrons. The SMILES string of the molecule is C=C(C)C/C=C(\C)C(=O)NS(=O)(=O)c1ccccc1Cl.Cc1ccc(Cl)cc1. The van der Waals surface area contributed by atoms with Crippen LogP contribution in [0.2, 0.25) is 10.0 Å². The summed E-state index contributed by atoms with van der Waals surface area (Å²) in [6, 6.07) is 13.7. The van der Waals surface area contributed by atoms with Crippen LogP contribution in [0.25, 0.3) is 0 Å². The largest absolute Gasteiger partial charge is 0.269 e. The quantitative estimate of drug-likeness (QED) is 0.479. The summed E-state index contributed by atoms with van der Waals surface area (Å²) in [7, 11) is -3.97.